The molecular formula is C16H16N2O3S. The Balaban J connectivity index is 2.40. The van der Waals surface area contributed by atoms with E-state index in [2.05, 4.69) is 4.74 Å². The lowest BCUT2D eigenvalue weighted by molar-refractivity contribution is -0.117. The number of benzene rings is 2. The van der Waals surface area contributed by atoms with Crippen LogP contribution in [0.4, 0.5) is 5.69 Å². The maximum atomic E-state index is 11.8. The number of thioether (sulfide) groups is 1. The average Bonchev–Trinajstić information content (AvgIpc) is 2.53. The predicted molar refractivity (Wildman–Crippen MR) is 86.4 cm³/mol. The van der Waals surface area contributed by atoms with Crippen molar-refractivity contribution in [2.45, 2.75) is 10.1 Å². The highest BCUT2D eigenvalue weighted by Crippen LogP contribution is 2.37. The molecule has 0 fully saturated rings. The fourth-order valence-corrected chi connectivity index (χ4v) is 2.99. The lowest BCUT2D eigenvalue weighted by Crippen LogP contribution is -2.20. The molecule has 0 heterocycles. The van der Waals surface area contributed by atoms with E-state index in [0.717, 1.165) is 4.90 Å². The van der Waals surface area contributed by atoms with Gasteiger partial charge in [-0.3, -0.25) is 4.79 Å². The van der Waals surface area contributed by atoms with Crippen LogP contribution >= 0.6 is 11.8 Å². The molecular weight excluding hydrogens is 300 g/mol. The van der Waals surface area contributed by atoms with Crippen molar-refractivity contribution in [2.24, 2.45) is 5.73 Å². The molecule has 4 N–H and O–H groups in total. The molecule has 0 bridgehead atoms. The van der Waals surface area contributed by atoms with Gasteiger partial charge in [-0.2, -0.15) is 0 Å². The molecule has 0 saturated carbocycles. The van der Waals surface area contributed by atoms with Gasteiger partial charge in [0.05, 0.1) is 12.7 Å². The summed E-state index contributed by atoms with van der Waals surface area (Å²) in [5.74, 6) is -1.02. The third-order valence-electron chi connectivity index (χ3n) is 3.05. The topological polar surface area (TPSA) is 95.4 Å². The van der Waals surface area contributed by atoms with Crippen molar-refractivity contribution in [3.8, 4) is 0 Å². The van der Waals surface area contributed by atoms with Gasteiger partial charge in [-0.25, -0.2) is 4.79 Å². The number of nitrogen functional groups attached to an aromatic ring is 1. The molecule has 1 atom stereocenters. The van der Waals surface area contributed by atoms with E-state index in [0.29, 0.717) is 16.8 Å². The van der Waals surface area contributed by atoms with Gasteiger partial charge in [0.2, 0.25) is 5.91 Å². The monoisotopic (exact) mass is 316 g/mol. The number of amides is 1. The minimum Gasteiger partial charge on any atom is -0.465 e. The number of rotatable bonds is 5. The minimum absolute atomic E-state index is 0.326. The number of primary amides is 1. The van der Waals surface area contributed by atoms with Gasteiger partial charge in [0, 0.05) is 10.6 Å². The fraction of sp³-hybridized carbons (Fsp3) is 0.125. The number of anilines is 1. The molecule has 5 nitrogen and oxygen atoms in total. The Bertz CT molecular complexity index is 689. The molecule has 1 amide bonds. The van der Waals surface area contributed by atoms with Gasteiger partial charge in [0.1, 0.15) is 5.25 Å². The lowest BCUT2D eigenvalue weighted by atomic mass is 10.1. The Morgan fingerprint density at radius 1 is 1.14 bits per heavy atom. The molecule has 0 saturated heterocycles. The molecule has 0 spiro atoms. The normalized spacial score (nSPS) is 11.7. The zero-order valence-electron chi connectivity index (χ0n) is 12.0. The molecule has 0 aromatic heterocycles. The smallest absolute Gasteiger partial charge is 0.337 e. The first-order valence-corrected chi connectivity index (χ1v) is 7.39. The molecule has 0 aliphatic rings. The fourth-order valence-electron chi connectivity index (χ4n) is 1.96. The summed E-state index contributed by atoms with van der Waals surface area (Å²) < 4.78 is 4.69. The van der Waals surface area contributed by atoms with Crippen LogP contribution in [-0.2, 0) is 9.53 Å². The van der Waals surface area contributed by atoms with Crippen LogP contribution in [-0.4, -0.2) is 19.0 Å². The second-order valence-electron chi connectivity index (χ2n) is 4.55. The first-order valence-electron chi connectivity index (χ1n) is 6.51. The van der Waals surface area contributed by atoms with Gasteiger partial charge in [0.15, 0.2) is 0 Å². The largest absolute Gasteiger partial charge is 0.465 e. The molecule has 2 rings (SSSR count). The molecule has 0 aliphatic heterocycles. The third-order valence-corrected chi connectivity index (χ3v) is 4.31. The van der Waals surface area contributed by atoms with E-state index in [4.69, 9.17) is 11.5 Å². The number of hydrogen-bond donors (Lipinski definition) is 2. The number of carbonyl (C=O) groups excluding carboxylic acids is 2. The molecule has 0 aliphatic carbocycles. The van der Waals surface area contributed by atoms with Gasteiger partial charge in [-0.15, -0.1) is 11.8 Å². The van der Waals surface area contributed by atoms with Crippen molar-refractivity contribution in [3.63, 3.8) is 0 Å². The predicted octanol–water partition coefficient (Wildman–Crippen LogP) is 2.37. The maximum absolute atomic E-state index is 11.8. The summed E-state index contributed by atoms with van der Waals surface area (Å²) in [4.78, 5) is 24.4. The van der Waals surface area contributed by atoms with E-state index in [1.165, 1.54) is 18.9 Å². The second-order valence-corrected chi connectivity index (χ2v) is 5.73. The Kier molecular flexibility index (Phi) is 5.06. The highest BCUT2D eigenvalue weighted by molar-refractivity contribution is 8.00. The average molecular weight is 316 g/mol. The summed E-state index contributed by atoms with van der Waals surface area (Å²) in [6, 6.07) is 14.0. The van der Waals surface area contributed by atoms with Gasteiger partial charge < -0.3 is 16.2 Å². The second kappa shape index (κ2) is 7.00. The highest BCUT2D eigenvalue weighted by Gasteiger charge is 2.23. The van der Waals surface area contributed by atoms with Crippen LogP contribution in [0, 0.1) is 0 Å². The zero-order chi connectivity index (χ0) is 16.1. The molecule has 22 heavy (non-hydrogen) atoms. The van der Waals surface area contributed by atoms with Crippen LogP contribution < -0.4 is 11.5 Å². The van der Waals surface area contributed by atoms with Gasteiger partial charge in [-0.1, -0.05) is 18.2 Å². The van der Waals surface area contributed by atoms with Crippen molar-refractivity contribution in [2.75, 3.05) is 12.8 Å². The quantitative estimate of drug-likeness (QED) is 0.501. The maximum Gasteiger partial charge on any atom is 0.337 e. The van der Waals surface area contributed by atoms with Crippen molar-refractivity contribution in [1.29, 1.82) is 0 Å². The lowest BCUT2D eigenvalue weighted by Gasteiger charge is -2.16. The minimum atomic E-state index is -0.688. The Morgan fingerprint density at radius 2 is 1.82 bits per heavy atom. The third kappa shape index (κ3) is 3.59. The van der Waals surface area contributed by atoms with Crippen LogP contribution in [0.1, 0.15) is 21.2 Å². The van der Waals surface area contributed by atoms with E-state index in [1.54, 1.807) is 18.2 Å². The summed E-state index contributed by atoms with van der Waals surface area (Å²) in [7, 11) is 1.29. The van der Waals surface area contributed by atoms with E-state index in [9.17, 15) is 9.59 Å². The van der Waals surface area contributed by atoms with E-state index < -0.39 is 17.1 Å². The number of ether oxygens (including phenoxy) is 1. The van der Waals surface area contributed by atoms with Crippen LogP contribution in [0.2, 0.25) is 0 Å². The molecule has 0 radical (unpaired) electrons. The van der Waals surface area contributed by atoms with Gasteiger partial charge in [-0.05, 0) is 35.9 Å². The number of hydrogen-bond acceptors (Lipinski definition) is 5. The van der Waals surface area contributed by atoms with E-state index in [1.807, 2.05) is 30.3 Å². The van der Waals surface area contributed by atoms with Crippen LogP contribution in [0.5, 0.6) is 0 Å². The van der Waals surface area contributed by atoms with Crippen LogP contribution in [0.25, 0.3) is 0 Å². The molecule has 2 aromatic carbocycles. The number of nitrogens with two attached hydrogens (primary N) is 2. The van der Waals surface area contributed by atoms with Crippen molar-refractivity contribution >= 4 is 29.3 Å². The number of carbonyl (C=O) groups is 2. The van der Waals surface area contributed by atoms with Crippen LogP contribution in [0.3, 0.4) is 0 Å². The standard InChI is InChI=1S/C16H16N2O3S/c1-21-16(20)10-7-8-13(17)12(9-10)14(15(18)19)22-11-5-3-2-4-6-11/h2-9,14H,17H2,1H3,(H2,18,19)/t14-/m0/s1. The summed E-state index contributed by atoms with van der Waals surface area (Å²) in [6.07, 6.45) is 0. The molecule has 114 valence electrons. The summed E-state index contributed by atoms with van der Waals surface area (Å²) in [5, 5.41) is -0.688. The van der Waals surface area contributed by atoms with Crippen molar-refractivity contribution in [3.05, 3.63) is 59.7 Å². The first kappa shape index (κ1) is 15.9. The number of esters is 1. The van der Waals surface area contributed by atoms with E-state index in [-0.39, 0.29) is 0 Å². The Labute approximate surface area is 132 Å². The summed E-state index contributed by atoms with van der Waals surface area (Å²) in [5.41, 5.74) is 12.7. The Morgan fingerprint density at radius 3 is 2.41 bits per heavy atom. The van der Waals surface area contributed by atoms with Crippen molar-refractivity contribution in [1.82, 2.24) is 0 Å². The van der Waals surface area contributed by atoms with E-state index >= 15 is 0 Å². The van der Waals surface area contributed by atoms with Crippen molar-refractivity contribution < 1.29 is 14.3 Å². The summed E-state index contributed by atoms with van der Waals surface area (Å²) >= 11 is 1.29. The molecule has 0 unspecified atom stereocenters. The highest BCUT2D eigenvalue weighted by atomic mass is 32.2. The Hall–Kier alpha value is -2.47. The first-order chi connectivity index (χ1) is 10.5. The SMILES string of the molecule is COC(=O)c1ccc(N)c([C@H](Sc2ccccc2)C(N)=O)c1. The number of methoxy groups -OCH3 is 1. The zero-order valence-corrected chi connectivity index (χ0v) is 12.8. The molecule has 2 aromatic rings. The van der Waals surface area contributed by atoms with Crippen LogP contribution in [0.15, 0.2) is 53.4 Å². The summed E-state index contributed by atoms with van der Waals surface area (Å²) in [6.45, 7) is 0. The molecule has 6 heteroatoms. The van der Waals surface area contributed by atoms with Gasteiger partial charge in [0.25, 0.3) is 0 Å². The van der Waals surface area contributed by atoms with Gasteiger partial charge >= 0.3 is 5.97 Å².